The third kappa shape index (κ3) is 12.3. The maximum absolute atomic E-state index is 13.3. The Morgan fingerprint density at radius 3 is 2.00 bits per heavy atom. The van der Waals surface area contributed by atoms with Crippen LogP contribution in [0.1, 0.15) is 37.7 Å². The topological polar surface area (TPSA) is 234 Å². The van der Waals surface area contributed by atoms with Gasteiger partial charge < -0.3 is 42.7 Å². The number of carboxylic acid groups (broad SMARTS) is 2. The van der Waals surface area contributed by atoms with Crippen LogP contribution in [-0.4, -0.2) is 87.7 Å². The standard InChI is InChI=1S/C24H37N5O8S/c1-38-11-9-16(26)21(33)28-18(12-14-5-7-15(30)8-6-14)23(35)27-17(4-2-3-10-25)22(34)29-19(24(36)37)13-20(31)32/h5-8,16-19,30H,2-4,9-13,25-26H2,1H3,(H,27,35)(H,28,33)(H,29,34)(H,31,32)(H,36,37). The van der Waals surface area contributed by atoms with Gasteiger partial charge in [-0.2, -0.15) is 11.8 Å². The van der Waals surface area contributed by atoms with E-state index < -0.39 is 60.2 Å². The van der Waals surface area contributed by atoms with E-state index in [1.165, 1.54) is 23.9 Å². The number of amides is 3. The summed E-state index contributed by atoms with van der Waals surface area (Å²) in [5, 5.41) is 35.1. The molecule has 1 aromatic rings. The van der Waals surface area contributed by atoms with Gasteiger partial charge in [-0.3, -0.25) is 19.2 Å². The highest BCUT2D eigenvalue weighted by atomic mass is 32.2. The number of nitrogens with two attached hydrogens (primary N) is 2. The summed E-state index contributed by atoms with van der Waals surface area (Å²) >= 11 is 1.51. The SMILES string of the molecule is CSCCC(N)C(=O)NC(Cc1ccc(O)cc1)C(=O)NC(CCCCN)C(=O)NC(CC(=O)O)C(=O)O. The molecular weight excluding hydrogens is 518 g/mol. The molecule has 0 bridgehead atoms. The Balaban J connectivity index is 3.12. The second kappa shape index (κ2) is 17.2. The fourth-order valence-electron chi connectivity index (χ4n) is 3.41. The third-order valence-corrected chi connectivity index (χ3v) is 6.20. The minimum atomic E-state index is -1.70. The predicted octanol–water partition coefficient (Wildman–Crippen LogP) is -0.842. The van der Waals surface area contributed by atoms with Gasteiger partial charge in [0.15, 0.2) is 0 Å². The molecule has 10 N–H and O–H groups in total. The second-order valence-corrected chi connectivity index (χ2v) is 9.65. The number of nitrogens with one attached hydrogen (secondary N) is 3. The van der Waals surface area contributed by atoms with Gasteiger partial charge in [0, 0.05) is 6.42 Å². The summed E-state index contributed by atoms with van der Waals surface area (Å²) in [7, 11) is 0. The lowest BCUT2D eigenvalue weighted by molar-refractivity contribution is -0.147. The van der Waals surface area contributed by atoms with Gasteiger partial charge in [0.25, 0.3) is 0 Å². The molecule has 38 heavy (non-hydrogen) atoms. The average Bonchev–Trinajstić information content (AvgIpc) is 2.86. The zero-order chi connectivity index (χ0) is 28.7. The van der Waals surface area contributed by atoms with Crippen LogP contribution in [0.4, 0.5) is 0 Å². The fourth-order valence-corrected chi connectivity index (χ4v) is 3.90. The van der Waals surface area contributed by atoms with Crippen LogP contribution in [0.2, 0.25) is 0 Å². The van der Waals surface area contributed by atoms with Crippen LogP contribution in [0.25, 0.3) is 0 Å². The van der Waals surface area contributed by atoms with Crippen molar-refractivity contribution in [1.82, 2.24) is 16.0 Å². The number of hydrogen-bond donors (Lipinski definition) is 8. The van der Waals surface area contributed by atoms with Crippen molar-refractivity contribution in [1.29, 1.82) is 0 Å². The number of rotatable bonds is 18. The van der Waals surface area contributed by atoms with E-state index in [2.05, 4.69) is 16.0 Å². The maximum atomic E-state index is 13.3. The molecule has 1 aromatic carbocycles. The summed E-state index contributed by atoms with van der Waals surface area (Å²) in [6.45, 7) is 0.326. The lowest BCUT2D eigenvalue weighted by Crippen LogP contribution is -2.57. The average molecular weight is 556 g/mol. The van der Waals surface area contributed by atoms with Crippen LogP contribution >= 0.6 is 11.8 Å². The first kappa shape index (κ1) is 32.7. The molecule has 1 rings (SSSR count). The van der Waals surface area contributed by atoms with Gasteiger partial charge in [-0.25, -0.2) is 4.79 Å². The molecule has 0 aliphatic carbocycles. The van der Waals surface area contributed by atoms with E-state index >= 15 is 0 Å². The molecule has 14 heteroatoms. The second-order valence-electron chi connectivity index (χ2n) is 8.66. The predicted molar refractivity (Wildman–Crippen MR) is 141 cm³/mol. The Bertz CT molecular complexity index is 946. The first-order valence-corrected chi connectivity index (χ1v) is 13.5. The number of aliphatic carboxylic acids is 2. The molecule has 0 spiro atoms. The minimum absolute atomic E-state index is 0.0149. The number of carboxylic acids is 2. The van der Waals surface area contributed by atoms with Gasteiger partial charge in [0.05, 0.1) is 12.5 Å². The van der Waals surface area contributed by atoms with Gasteiger partial charge in [-0.15, -0.1) is 0 Å². The van der Waals surface area contributed by atoms with E-state index in [-0.39, 0.29) is 18.6 Å². The summed E-state index contributed by atoms with van der Waals surface area (Å²) in [5.41, 5.74) is 12.1. The van der Waals surface area contributed by atoms with E-state index in [1.54, 1.807) is 12.1 Å². The van der Waals surface area contributed by atoms with Crippen molar-refractivity contribution in [3.8, 4) is 5.75 Å². The molecule has 0 aromatic heterocycles. The van der Waals surface area contributed by atoms with Gasteiger partial charge in [-0.1, -0.05) is 12.1 Å². The number of carbonyl (C=O) groups excluding carboxylic acids is 3. The minimum Gasteiger partial charge on any atom is -0.508 e. The Kier molecular flexibility index (Phi) is 14.8. The summed E-state index contributed by atoms with van der Waals surface area (Å²) in [6.07, 6.45) is 2.45. The van der Waals surface area contributed by atoms with Crippen LogP contribution in [0.15, 0.2) is 24.3 Å². The van der Waals surface area contributed by atoms with Crippen LogP contribution < -0.4 is 27.4 Å². The van der Waals surface area contributed by atoms with Crippen molar-refractivity contribution in [2.45, 2.75) is 62.7 Å². The summed E-state index contributed by atoms with van der Waals surface area (Å²) in [6, 6.07) is 1.07. The van der Waals surface area contributed by atoms with Gasteiger partial charge in [0.1, 0.15) is 23.9 Å². The van der Waals surface area contributed by atoms with Crippen molar-refractivity contribution < 1.29 is 39.3 Å². The molecule has 0 heterocycles. The Hall–Kier alpha value is -3.36. The Morgan fingerprint density at radius 2 is 1.45 bits per heavy atom. The summed E-state index contributed by atoms with van der Waals surface area (Å²) < 4.78 is 0. The van der Waals surface area contributed by atoms with Crippen LogP contribution in [0, 0.1) is 0 Å². The largest absolute Gasteiger partial charge is 0.508 e. The van der Waals surface area contributed by atoms with Crippen molar-refractivity contribution in [3.05, 3.63) is 29.8 Å². The zero-order valence-electron chi connectivity index (χ0n) is 21.2. The lowest BCUT2D eigenvalue weighted by Gasteiger charge is -2.25. The molecule has 4 unspecified atom stereocenters. The van der Waals surface area contributed by atoms with Crippen molar-refractivity contribution in [2.24, 2.45) is 11.5 Å². The van der Waals surface area contributed by atoms with Crippen molar-refractivity contribution in [3.63, 3.8) is 0 Å². The molecule has 0 fully saturated rings. The molecule has 0 radical (unpaired) electrons. The lowest BCUT2D eigenvalue weighted by atomic mass is 10.0. The molecule has 0 saturated heterocycles. The highest BCUT2D eigenvalue weighted by Gasteiger charge is 2.31. The van der Waals surface area contributed by atoms with Crippen LogP contribution in [-0.2, 0) is 30.4 Å². The number of unbranched alkanes of at least 4 members (excludes halogenated alkanes) is 1. The number of benzene rings is 1. The van der Waals surface area contributed by atoms with Crippen LogP contribution in [0.3, 0.4) is 0 Å². The monoisotopic (exact) mass is 555 g/mol. The van der Waals surface area contributed by atoms with E-state index in [1.807, 2.05) is 6.26 Å². The molecule has 212 valence electrons. The van der Waals surface area contributed by atoms with Gasteiger partial charge in [0.2, 0.25) is 17.7 Å². The first-order valence-electron chi connectivity index (χ1n) is 12.1. The normalized spacial score (nSPS) is 14.0. The fraction of sp³-hybridized carbons (Fsp3) is 0.542. The van der Waals surface area contributed by atoms with Crippen molar-refractivity contribution >= 4 is 41.4 Å². The molecule has 0 aliphatic heterocycles. The molecule has 4 atom stereocenters. The highest BCUT2D eigenvalue weighted by Crippen LogP contribution is 2.12. The van der Waals surface area contributed by atoms with Crippen molar-refractivity contribution in [2.75, 3.05) is 18.6 Å². The summed E-state index contributed by atoms with van der Waals surface area (Å²) in [5.74, 6) is -4.47. The number of aromatic hydroxyl groups is 1. The number of phenolic OH excluding ortho intramolecular Hbond substituents is 1. The molecular formula is C24H37N5O8S. The quantitative estimate of drug-likeness (QED) is 0.104. The summed E-state index contributed by atoms with van der Waals surface area (Å²) in [4.78, 5) is 61.3. The molecule has 13 nitrogen and oxygen atoms in total. The van der Waals surface area contributed by atoms with E-state index in [9.17, 15) is 34.2 Å². The number of phenols is 1. The molecule has 0 saturated carbocycles. The zero-order valence-corrected chi connectivity index (χ0v) is 22.0. The number of thioether (sulfide) groups is 1. The molecule has 3 amide bonds. The Morgan fingerprint density at radius 1 is 0.868 bits per heavy atom. The van der Waals surface area contributed by atoms with E-state index in [4.69, 9.17) is 16.6 Å². The molecule has 0 aliphatic rings. The van der Waals surface area contributed by atoms with E-state index in [0.717, 1.165) is 0 Å². The Labute approximate surface area is 225 Å². The number of hydrogen-bond acceptors (Lipinski definition) is 9. The van der Waals surface area contributed by atoms with E-state index in [0.29, 0.717) is 37.1 Å². The first-order chi connectivity index (χ1) is 18.0. The third-order valence-electron chi connectivity index (χ3n) is 5.55. The smallest absolute Gasteiger partial charge is 0.326 e. The highest BCUT2D eigenvalue weighted by molar-refractivity contribution is 7.98. The van der Waals surface area contributed by atoms with Gasteiger partial charge in [-0.05, 0) is 61.9 Å². The number of carbonyl (C=O) groups is 5. The van der Waals surface area contributed by atoms with Gasteiger partial charge >= 0.3 is 11.9 Å². The maximum Gasteiger partial charge on any atom is 0.326 e. The van der Waals surface area contributed by atoms with Crippen LogP contribution in [0.5, 0.6) is 5.75 Å².